The van der Waals surface area contributed by atoms with Crippen molar-refractivity contribution < 1.29 is 9.90 Å². The highest BCUT2D eigenvalue weighted by Crippen LogP contribution is 2.28. The van der Waals surface area contributed by atoms with E-state index in [4.69, 9.17) is 5.73 Å². The minimum absolute atomic E-state index is 0.0209. The summed E-state index contributed by atoms with van der Waals surface area (Å²) in [5.41, 5.74) is 6.19. The fourth-order valence-electron chi connectivity index (χ4n) is 3.51. The molecule has 0 aromatic heterocycles. The lowest BCUT2D eigenvalue weighted by Gasteiger charge is -2.29. The highest BCUT2D eigenvalue weighted by Gasteiger charge is 2.27. The lowest BCUT2D eigenvalue weighted by molar-refractivity contribution is -0.126. The van der Waals surface area contributed by atoms with Crippen LogP contribution in [-0.4, -0.2) is 30.2 Å². The van der Waals surface area contributed by atoms with E-state index in [9.17, 15) is 9.90 Å². The molecule has 2 unspecified atom stereocenters. The van der Waals surface area contributed by atoms with Gasteiger partial charge in [-0.05, 0) is 31.1 Å². The monoisotopic (exact) mass is 298 g/mol. The van der Waals surface area contributed by atoms with Gasteiger partial charge >= 0.3 is 0 Å². The summed E-state index contributed by atoms with van der Waals surface area (Å²) in [5, 5.41) is 13.1. The molecule has 0 aromatic rings. The van der Waals surface area contributed by atoms with Crippen molar-refractivity contribution in [2.45, 2.75) is 77.4 Å². The zero-order valence-electron chi connectivity index (χ0n) is 14.0. The summed E-state index contributed by atoms with van der Waals surface area (Å²) in [6.07, 6.45) is 8.00. The summed E-state index contributed by atoms with van der Waals surface area (Å²) in [7, 11) is 1.66. The molecule has 1 rings (SSSR count). The molecule has 1 fully saturated rings. The molecule has 21 heavy (non-hydrogen) atoms. The minimum atomic E-state index is -0.576. The number of carbonyl (C=O) groups excluding carboxylic acids is 1. The highest BCUT2D eigenvalue weighted by atomic mass is 16.3. The van der Waals surface area contributed by atoms with Gasteiger partial charge in [-0.2, -0.15) is 0 Å². The largest absolute Gasteiger partial charge is 0.391 e. The van der Waals surface area contributed by atoms with Crippen molar-refractivity contribution in [3.8, 4) is 0 Å². The van der Waals surface area contributed by atoms with E-state index in [1.807, 2.05) is 0 Å². The summed E-state index contributed by atoms with van der Waals surface area (Å²) in [5.74, 6) is 0.982. The number of rotatable bonds is 8. The quantitative estimate of drug-likeness (QED) is 0.644. The van der Waals surface area contributed by atoms with Gasteiger partial charge in [0.05, 0.1) is 6.10 Å². The SMILES string of the molecule is CNC(=O)C(CC(C)C)C[C@H](O)C(N)CC1CCCCC1. The van der Waals surface area contributed by atoms with E-state index in [0.29, 0.717) is 18.3 Å². The number of hydrogen-bond donors (Lipinski definition) is 3. The maximum Gasteiger partial charge on any atom is 0.222 e. The number of carbonyl (C=O) groups is 1. The van der Waals surface area contributed by atoms with Crippen LogP contribution < -0.4 is 11.1 Å². The second kappa shape index (κ2) is 9.42. The van der Waals surface area contributed by atoms with E-state index in [1.165, 1.54) is 32.1 Å². The molecule has 0 spiro atoms. The van der Waals surface area contributed by atoms with Crippen LogP contribution in [0, 0.1) is 17.8 Å². The van der Waals surface area contributed by atoms with Gasteiger partial charge in [-0.15, -0.1) is 0 Å². The Morgan fingerprint density at radius 2 is 1.86 bits per heavy atom. The fourth-order valence-corrected chi connectivity index (χ4v) is 3.51. The number of aliphatic hydroxyl groups is 1. The van der Waals surface area contributed by atoms with Gasteiger partial charge in [0.2, 0.25) is 5.91 Å². The Bertz CT molecular complexity index is 301. The lowest BCUT2D eigenvalue weighted by atomic mass is 9.82. The molecule has 0 heterocycles. The second-order valence-electron chi connectivity index (χ2n) is 7.15. The van der Waals surface area contributed by atoms with Gasteiger partial charge in [0.15, 0.2) is 0 Å². The molecule has 124 valence electrons. The van der Waals surface area contributed by atoms with E-state index in [2.05, 4.69) is 19.2 Å². The van der Waals surface area contributed by atoms with Crippen LogP contribution in [0.1, 0.15) is 65.2 Å². The van der Waals surface area contributed by atoms with Crippen molar-refractivity contribution in [1.82, 2.24) is 5.32 Å². The molecule has 0 bridgehead atoms. The van der Waals surface area contributed by atoms with E-state index in [1.54, 1.807) is 7.05 Å². The molecule has 1 aliphatic rings. The molecule has 0 saturated heterocycles. The Morgan fingerprint density at radius 3 is 2.38 bits per heavy atom. The van der Waals surface area contributed by atoms with Crippen LogP contribution in [0.25, 0.3) is 0 Å². The third-order valence-electron chi connectivity index (χ3n) is 4.72. The Morgan fingerprint density at radius 1 is 1.24 bits per heavy atom. The van der Waals surface area contributed by atoms with Crippen LogP contribution in [0.4, 0.5) is 0 Å². The van der Waals surface area contributed by atoms with E-state index in [0.717, 1.165) is 12.8 Å². The van der Waals surface area contributed by atoms with Gasteiger partial charge in [0, 0.05) is 19.0 Å². The molecule has 1 aliphatic carbocycles. The van der Waals surface area contributed by atoms with Gasteiger partial charge in [0.1, 0.15) is 0 Å². The number of nitrogens with one attached hydrogen (secondary N) is 1. The number of hydrogen-bond acceptors (Lipinski definition) is 3. The number of aliphatic hydroxyl groups excluding tert-OH is 1. The summed E-state index contributed by atoms with van der Waals surface area (Å²) in [6, 6.07) is -0.201. The van der Waals surface area contributed by atoms with Gasteiger partial charge in [-0.1, -0.05) is 46.0 Å². The standard InChI is InChI=1S/C17H34N2O2/c1-12(2)9-14(17(21)19-3)11-16(20)15(18)10-13-7-5-4-6-8-13/h12-16,20H,4-11,18H2,1-3H3,(H,19,21)/t14?,15?,16-/m0/s1. The zero-order valence-corrected chi connectivity index (χ0v) is 14.0. The van der Waals surface area contributed by atoms with Crippen LogP contribution in [-0.2, 0) is 4.79 Å². The summed E-state index contributed by atoms with van der Waals surface area (Å²) in [4.78, 5) is 11.9. The summed E-state index contributed by atoms with van der Waals surface area (Å²) in [6.45, 7) is 4.20. The van der Waals surface area contributed by atoms with E-state index < -0.39 is 6.10 Å². The van der Waals surface area contributed by atoms with Crippen molar-refractivity contribution in [3.05, 3.63) is 0 Å². The number of nitrogens with two attached hydrogens (primary N) is 1. The fraction of sp³-hybridized carbons (Fsp3) is 0.941. The van der Waals surface area contributed by atoms with Crippen LogP contribution >= 0.6 is 0 Å². The molecule has 4 N–H and O–H groups in total. The maximum absolute atomic E-state index is 11.9. The smallest absolute Gasteiger partial charge is 0.222 e. The topological polar surface area (TPSA) is 75.3 Å². The van der Waals surface area contributed by atoms with Gasteiger partial charge < -0.3 is 16.2 Å². The molecule has 0 radical (unpaired) electrons. The first kappa shape index (κ1) is 18.4. The molecule has 0 aromatic carbocycles. The molecule has 3 atom stereocenters. The Kier molecular flexibility index (Phi) is 8.27. The second-order valence-corrected chi connectivity index (χ2v) is 7.15. The van der Waals surface area contributed by atoms with Crippen LogP contribution in [0.5, 0.6) is 0 Å². The summed E-state index contributed by atoms with van der Waals surface area (Å²) < 4.78 is 0. The Balaban J connectivity index is 2.46. The van der Waals surface area contributed by atoms with E-state index >= 15 is 0 Å². The molecule has 4 heteroatoms. The first-order valence-corrected chi connectivity index (χ1v) is 8.59. The van der Waals surface area contributed by atoms with Crippen molar-refractivity contribution in [1.29, 1.82) is 0 Å². The highest BCUT2D eigenvalue weighted by molar-refractivity contribution is 5.78. The van der Waals surface area contributed by atoms with E-state index in [-0.39, 0.29) is 17.9 Å². The van der Waals surface area contributed by atoms with Crippen molar-refractivity contribution in [2.24, 2.45) is 23.5 Å². The predicted molar refractivity (Wildman–Crippen MR) is 86.8 cm³/mol. The molecule has 1 amide bonds. The van der Waals surface area contributed by atoms with Gasteiger partial charge in [-0.25, -0.2) is 0 Å². The van der Waals surface area contributed by atoms with Crippen LogP contribution in [0.3, 0.4) is 0 Å². The lowest BCUT2D eigenvalue weighted by Crippen LogP contribution is -2.40. The first-order chi connectivity index (χ1) is 9.93. The zero-order chi connectivity index (χ0) is 15.8. The number of amides is 1. The molecular formula is C17H34N2O2. The van der Waals surface area contributed by atoms with Crippen LogP contribution in [0.15, 0.2) is 0 Å². The van der Waals surface area contributed by atoms with Crippen LogP contribution in [0.2, 0.25) is 0 Å². The van der Waals surface area contributed by atoms with Gasteiger partial charge in [-0.3, -0.25) is 4.79 Å². The Labute approximate surface area is 129 Å². The average molecular weight is 298 g/mol. The van der Waals surface area contributed by atoms with Crippen molar-refractivity contribution in [2.75, 3.05) is 7.05 Å². The molecule has 4 nitrogen and oxygen atoms in total. The normalized spacial score (nSPS) is 21.0. The predicted octanol–water partition coefficient (Wildman–Crippen LogP) is 2.44. The molecule has 0 aliphatic heterocycles. The minimum Gasteiger partial charge on any atom is -0.391 e. The van der Waals surface area contributed by atoms with Gasteiger partial charge in [0.25, 0.3) is 0 Å². The molecule has 1 saturated carbocycles. The third kappa shape index (κ3) is 6.79. The molecular weight excluding hydrogens is 264 g/mol. The van der Waals surface area contributed by atoms with Crippen molar-refractivity contribution >= 4 is 5.91 Å². The Hall–Kier alpha value is -0.610. The maximum atomic E-state index is 11.9. The van der Waals surface area contributed by atoms with Crippen molar-refractivity contribution in [3.63, 3.8) is 0 Å². The average Bonchev–Trinajstić information content (AvgIpc) is 2.46. The third-order valence-corrected chi connectivity index (χ3v) is 4.72. The summed E-state index contributed by atoms with van der Waals surface area (Å²) >= 11 is 0. The first-order valence-electron chi connectivity index (χ1n) is 8.59.